The van der Waals surface area contributed by atoms with Gasteiger partial charge in [0, 0.05) is 24.3 Å². The molecule has 33 heavy (non-hydrogen) atoms. The zero-order valence-corrected chi connectivity index (χ0v) is 20.8. The van der Waals surface area contributed by atoms with Gasteiger partial charge in [-0.1, -0.05) is 57.0 Å². The number of benzene rings is 1. The molecule has 2 aromatic heterocycles. The smallest absolute Gasteiger partial charge is 0.322 e. The maximum Gasteiger partial charge on any atom is 0.322 e. The minimum absolute atomic E-state index is 0.131. The molecule has 0 saturated carbocycles. The Hall–Kier alpha value is -2.39. The summed E-state index contributed by atoms with van der Waals surface area (Å²) in [6.45, 7) is 6.51. The number of nitrogens with zero attached hydrogens (tertiary/aromatic N) is 3. The first kappa shape index (κ1) is 25.2. The lowest BCUT2D eigenvalue weighted by Crippen LogP contribution is -2.30. The predicted molar refractivity (Wildman–Crippen MR) is 132 cm³/mol. The van der Waals surface area contributed by atoms with Crippen LogP contribution in [0.3, 0.4) is 0 Å². The van der Waals surface area contributed by atoms with E-state index in [-0.39, 0.29) is 5.75 Å². The monoisotopic (exact) mass is 475 g/mol. The molecule has 0 amide bonds. The van der Waals surface area contributed by atoms with Crippen LogP contribution < -0.4 is 9.46 Å². The summed E-state index contributed by atoms with van der Waals surface area (Å²) in [5.74, 6) is 1.31. The molecule has 8 nitrogen and oxygen atoms in total. The molecule has 3 rings (SSSR count). The number of sulfonamides is 1. The Kier molecular flexibility index (Phi) is 9.31. The van der Waals surface area contributed by atoms with E-state index in [0.717, 1.165) is 23.7 Å². The molecule has 1 aromatic carbocycles. The van der Waals surface area contributed by atoms with Gasteiger partial charge in [-0.3, -0.25) is 4.57 Å². The maximum atomic E-state index is 12.6. The second kappa shape index (κ2) is 12.2. The third kappa shape index (κ3) is 7.30. The van der Waals surface area contributed by atoms with Gasteiger partial charge in [0.15, 0.2) is 5.82 Å². The van der Waals surface area contributed by atoms with Crippen LogP contribution in [0.15, 0.2) is 30.5 Å². The largest absolute Gasteiger partial charge is 0.424 e. The topological polar surface area (TPSA) is 102 Å². The van der Waals surface area contributed by atoms with Crippen LogP contribution in [-0.4, -0.2) is 33.9 Å². The summed E-state index contributed by atoms with van der Waals surface area (Å²) in [6.07, 6.45) is 10.8. The highest BCUT2D eigenvalue weighted by atomic mass is 32.2. The van der Waals surface area contributed by atoms with Crippen LogP contribution in [0.25, 0.3) is 10.9 Å². The molecule has 0 fully saturated rings. The first-order valence-electron chi connectivity index (χ1n) is 12.1. The SMILES string of the molecule is CCCCCCCCCCS(=O)(=O)N[C@H](C)c1nnc(Oc2ccc3cc[nH]c3c2)n1CC. The zero-order valence-electron chi connectivity index (χ0n) is 20.0. The van der Waals surface area contributed by atoms with Crippen LogP contribution in [-0.2, 0) is 16.6 Å². The molecular formula is C24H37N5O3S. The van der Waals surface area contributed by atoms with E-state index < -0.39 is 16.1 Å². The average molecular weight is 476 g/mol. The molecule has 0 aliphatic carbocycles. The third-order valence-corrected chi connectivity index (χ3v) is 7.35. The fourth-order valence-electron chi connectivity index (χ4n) is 4.00. The van der Waals surface area contributed by atoms with Crippen molar-refractivity contribution in [1.29, 1.82) is 0 Å². The van der Waals surface area contributed by atoms with Gasteiger partial charge in [-0.2, -0.15) is 0 Å². The Morgan fingerprint density at radius 1 is 1.03 bits per heavy atom. The zero-order chi connectivity index (χ0) is 23.7. The molecule has 0 spiro atoms. The van der Waals surface area contributed by atoms with Crippen molar-refractivity contribution in [1.82, 2.24) is 24.5 Å². The number of hydrogen-bond donors (Lipinski definition) is 2. The van der Waals surface area contributed by atoms with Crippen molar-refractivity contribution in [2.24, 2.45) is 0 Å². The molecular weight excluding hydrogens is 438 g/mol. The lowest BCUT2D eigenvalue weighted by atomic mass is 10.1. The van der Waals surface area contributed by atoms with E-state index in [2.05, 4.69) is 26.8 Å². The van der Waals surface area contributed by atoms with Gasteiger partial charge in [0.1, 0.15) is 5.75 Å². The van der Waals surface area contributed by atoms with E-state index in [1.54, 1.807) is 11.5 Å². The molecule has 182 valence electrons. The van der Waals surface area contributed by atoms with Gasteiger partial charge in [-0.05, 0) is 43.9 Å². The predicted octanol–water partition coefficient (Wildman–Crippen LogP) is 5.69. The summed E-state index contributed by atoms with van der Waals surface area (Å²) >= 11 is 0. The van der Waals surface area contributed by atoms with Crippen molar-refractivity contribution in [2.75, 3.05) is 5.75 Å². The van der Waals surface area contributed by atoms with Gasteiger partial charge in [-0.15, -0.1) is 5.10 Å². The molecule has 0 aliphatic rings. The number of H-pyrrole nitrogens is 1. The van der Waals surface area contributed by atoms with Crippen molar-refractivity contribution >= 4 is 20.9 Å². The van der Waals surface area contributed by atoms with Crippen molar-refractivity contribution in [3.8, 4) is 11.8 Å². The molecule has 9 heteroatoms. The van der Waals surface area contributed by atoms with Gasteiger partial charge < -0.3 is 9.72 Å². The molecule has 2 heterocycles. The van der Waals surface area contributed by atoms with E-state index in [1.165, 1.54) is 32.1 Å². The van der Waals surface area contributed by atoms with Crippen molar-refractivity contribution < 1.29 is 13.2 Å². The Morgan fingerprint density at radius 3 is 2.48 bits per heavy atom. The molecule has 0 radical (unpaired) electrons. The van der Waals surface area contributed by atoms with Crippen molar-refractivity contribution in [3.63, 3.8) is 0 Å². The number of ether oxygens (including phenoxy) is 1. The number of aromatic nitrogens is 4. The highest BCUT2D eigenvalue weighted by Gasteiger charge is 2.22. The van der Waals surface area contributed by atoms with Crippen molar-refractivity contribution in [2.45, 2.75) is 84.7 Å². The number of nitrogens with one attached hydrogen (secondary N) is 2. The lowest BCUT2D eigenvalue weighted by Gasteiger charge is -2.15. The van der Waals surface area contributed by atoms with E-state index in [1.807, 2.05) is 37.4 Å². The first-order valence-corrected chi connectivity index (χ1v) is 13.8. The van der Waals surface area contributed by atoms with Gasteiger partial charge >= 0.3 is 6.01 Å². The average Bonchev–Trinajstić information content (AvgIpc) is 3.41. The normalized spacial score (nSPS) is 12.9. The lowest BCUT2D eigenvalue weighted by molar-refractivity contribution is 0.408. The number of fused-ring (bicyclic) bond motifs is 1. The second-order valence-electron chi connectivity index (χ2n) is 8.55. The molecule has 0 bridgehead atoms. The molecule has 3 aromatic rings. The van der Waals surface area contributed by atoms with E-state index in [0.29, 0.717) is 30.5 Å². The Bertz CT molecular complexity index is 1110. The van der Waals surface area contributed by atoms with Gasteiger partial charge in [0.2, 0.25) is 10.0 Å². The summed E-state index contributed by atoms with van der Waals surface area (Å²) in [4.78, 5) is 3.16. The Balaban J connectivity index is 1.53. The number of rotatable bonds is 15. The van der Waals surface area contributed by atoms with Gasteiger partial charge in [0.05, 0.1) is 11.8 Å². The first-order chi connectivity index (χ1) is 15.9. The fraction of sp³-hybridized carbons (Fsp3) is 0.583. The highest BCUT2D eigenvalue weighted by Crippen LogP contribution is 2.26. The standard InChI is InChI=1S/C24H37N5O3S/c1-4-6-7-8-9-10-11-12-17-33(30,31)28-19(3)23-26-27-24(29(23)5-2)32-21-14-13-20-15-16-25-22(20)18-21/h13-16,18-19,25,28H,4-12,17H2,1-3H3/t19-/m1/s1. The molecule has 0 saturated heterocycles. The minimum atomic E-state index is -3.40. The van der Waals surface area contributed by atoms with Crippen LogP contribution in [0.5, 0.6) is 11.8 Å². The molecule has 0 unspecified atom stereocenters. The van der Waals surface area contributed by atoms with E-state index >= 15 is 0 Å². The molecule has 2 N–H and O–H groups in total. The Labute approximate surface area is 197 Å². The van der Waals surface area contributed by atoms with Crippen LogP contribution >= 0.6 is 0 Å². The second-order valence-corrected chi connectivity index (χ2v) is 10.4. The highest BCUT2D eigenvalue weighted by molar-refractivity contribution is 7.89. The summed E-state index contributed by atoms with van der Waals surface area (Å²) < 4.78 is 35.7. The minimum Gasteiger partial charge on any atom is -0.424 e. The quantitative estimate of drug-likeness (QED) is 0.275. The third-order valence-electron chi connectivity index (χ3n) is 5.81. The van der Waals surface area contributed by atoms with Gasteiger partial charge in [-0.25, -0.2) is 13.1 Å². The summed E-state index contributed by atoms with van der Waals surface area (Å²) in [5.41, 5.74) is 0.970. The van der Waals surface area contributed by atoms with E-state index in [4.69, 9.17) is 4.74 Å². The van der Waals surface area contributed by atoms with Crippen LogP contribution in [0, 0.1) is 0 Å². The number of unbranched alkanes of at least 4 members (excludes halogenated alkanes) is 7. The fourth-order valence-corrected chi connectivity index (χ4v) is 5.34. The van der Waals surface area contributed by atoms with Crippen LogP contribution in [0.4, 0.5) is 0 Å². The van der Waals surface area contributed by atoms with Gasteiger partial charge in [0.25, 0.3) is 0 Å². The summed E-state index contributed by atoms with van der Waals surface area (Å²) in [7, 11) is -3.40. The van der Waals surface area contributed by atoms with E-state index in [9.17, 15) is 8.42 Å². The van der Waals surface area contributed by atoms with Crippen LogP contribution in [0.1, 0.15) is 84.0 Å². The summed E-state index contributed by atoms with van der Waals surface area (Å²) in [6, 6.07) is 7.58. The molecule has 1 atom stereocenters. The molecule has 0 aliphatic heterocycles. The maximum absolute atomic E-state index is 12.6. The van der Waals surface area contributed by atoms with Crippen molar-refractivity contribution in [3.05, 3.63) is 36.3 Å². The number of aromatic amines is 1. The summed E-state index contributed by atoms with van der Waals surface area (Å²) in [5, 5.41) is 9.48. The van der Waals surface area contributed by atoms with Crippen LogP contribution in [0.2, 0.25) is 0 Å². The number of hydrogen-bond acceptors (Lipinski definition) is 5. The Morgan fingerprint density at radius 2 is 1.76 bits per heavy atom.